The molecule has 1 saturated heterocycles. The van der Waals surface area contributed by atoms with E-state index in [2.05, 4.69) is 22.1 Å². The van der Waals surface area contributed by atoms with Gasteiger partial charge in [-0.2, -0.15) is 0 Å². The highest BCUT2D eigenvalue weighted by atomic mass is 16.1. The molecule has 1 atom stereocenters. The first-order valence-corrected chi connectivity index (χ1v) is 7.29. The van der Waals surface area contributed by atoms with Gasteiger partial charge in [0.15, 0.2) is 0 Å². The Balaban J connectivity index is 1.83. The lowest BCUT2D eigenvalue weighted by Crippen LogP contribution is -2.34. The number of amides is 1. The average molecular weight is 276 g/mol. The van der Waals surface area contributed by atoms with E-state index >= 15 is 0 Å². The van der Waals surface area contributed by atoms with Crippen molar-refractivity contribution in [2.24, 2.45) is 5.92 Å². The van der Waals surface area contributed by atoms with Crippen LogP contribution in [0.3, 0.4) is 0 Å². The second kappa shape index (κ2) is 6.70. The Morgan fingerprint density at radius 2 is 2.20 bits per heavy atom. The third kappa shape index (κ3) is 3.93. The number of carbonyl (C=O) groups excluding carboxylic acids is 1. The van der Waals surface area contributed by atoms with Gasteiger partial charge in [0.25, 0.3) is 5.91 Å². The van der Waals surface area contributed by atoms with Crippen LogP contribution < -0.4 is 11.1 Å². The highest BCUT2D eigenvalue weighted by Gasteiger charge is 2.16. The van der Waals surface area contributed by atoms with Crippen molar-refractivity contribution in [3.05, 3.63) is 23.5 Å². The molecule has 1 aromatic heterocycles. The molecule has 1 amide bonds. The summed E-state index contributed by atoms with van der Waals surface area (Å²) in [7, 11) is 0. The molecule has 2 rings (SSSR count). The predicted molar refractivity (Wildman–Crippen MR) is 80.6 cm³/mol. The third-order valence-corrected chi connectivity index (χ3v) is 3.73. The van der Waals surface area contributed by atoms with Crippen molar-refractivity contribution in [1.29, 1.82) is 0 Å². The van der Waals surface area contributed by atoms with Gasteiger partial charge in [-0.15, -0.1) is 0 Å². The van der Waals surface area contributed by atoms with E-state index in [9.17, 15) is 4.79 Å². The van der Waals surface area contributed by atoms with Crippen LogP contribution in [0, 0.1) is 12.8 Å². The van der Waals surface area contributed by atoms with Gasteiger partial charge in [-0.1, -0.05) is 6.92 Å². The molecular formula is C15H24N4O. The van der Waals surface area contributed by atoms with Crippen LogP contribution in [0.2, 0.25) is 0 Å². The maximum Gasteiger partial charge on any atom is 0.253 e. The Labute approximate surface area is 120 Å². The summed E-state index contributed by atoms with van der Waals surface area (Å²) in [6.07, 6.45) is 4.17. The van der Waals surface area contributed by atoms with Crippen molar-refractivity contribution in [2.45, 2.75) is 26.7 Å². The van der Waals surface area contributed by atoms with E-state index < -0.39 is 0 Å². The van der Waals surface area contributed by atoms with E-state index in [-0.39, 0.29) is 5.91 Å². The predicted octanol–water partition coefficient (Wildman–Crippen LogP) is 1.43. The molecular weight excluding hydrogens is 252 g/mol. The molecule has 1 aliphatic rings. The molecule has 5 nitrogen and oxygen atoms in total. The second-order valence-corrected chi connectivity index (χ2v) is 5.72. The summed E-state index contributed by atoms with van der Waals surface area (Å²) in [5.41, 5.74) is 7.48. The number of nitrogens with two attached hydrogens (primary N) is 1. The molecule has 1 fully saturated rings. The highest BCUT2D eigenvalue weighted by molar-refractivity contribution is 5.95. The van der Waals surface area contributed by atoms with Crippen molar-refractivity contribution >= 4 is 11.6 Å². The molecule has 0 spiro atoms. The van der Waals surface area contributed by atoms with Crippen LogP contribution in [-0.4, -0.2) is 42.0 Å². The number of hydrogen-bond acceptors (Lipinski definition) is 4. The van der Waals surface area contributed by atoms with Crippen LogP contribution in [-0.2, 0) is 0 Å². The van der Waals surface area contributed by atoms with Crippen LogP contribution in [0.1, 0.15) is 35.8 Å². The number of nitrogens with one attached hydrogen (secondary N) is 1. The molecule has 0 aliphatic carbocycles. The number of aryl methyl sites for hydroxylation is 1. The molecule has 0 bridgehead atoms. The zero-order valence-electron chi connectivity index (χ0n) is 12.4. The quantitative estimate of drug-likeness (QED) is 0.853. The standard InChI is InChI=1S/C15H24N4O/c1-11(10-19-5-3-4-6-19)8-18-15(20)14-7-13(16)9-17-12(14)2/h7,9,11H,3-6,8,10,16H2,1-2H3,(H,18,20). The van der Waals surface area contributed by atoms with E-state index in [0.29, 0.717) is 29.4 Å². The normalized spacial score (nSPS) is 17.1. The summed E-state index contributed by atoms with van der Waals surface area (Å²) >= 11 is 0. The number of nitrogen functional groups attached to an aromatic ring is 1. The lowest BCUT2D eigenvalue weighted by Gasteiger charge is -2.20. The number of anilines is 1. The number of pyridine rings is 1. The van der Waals surface area contributed by atoms with E-state index in [1.54, 1.807) is 12.3 Å². The zero-order valence-corrected chi connectivity index (χ0v) is 12.4. The molecule has 20 heavy (non-hydrogen) atoms. The summed E-state index contributed by atoms with van der Waals surface area (Å²) in [6.45, 7) is 8.11. The fraction of sp³-hybridized carbons (Fsp3) is 0.600. The summed E-state index contributed by atoms with van der Waals surface area (Å²) in [4.78, 5) is 18.7. The van der Waals surface area contributed by atoms with Crippen LogP contribution >= 0.6 is 0 Å². The van der Waals surface area contributed by atoms with Gasteiger partial charge in [-0.05, 0) is 44.8 Å². The van der Waals surface area contributed by atoms with Crippen LogP contribution in [0.4, 0.5) is 5.69 Å². The Bertz CT molecular complexity index is 469. The smallest absolute Gasteiger partial charge is 0.253 e. The monoisotopic (exact) mass is 276 g/mol. The summed E-state index contributed by atoms with van der Waals surface area (Å²) in [5, 5.41) is 2.98. The molecule has 2 heterocycles. The minimum absolute atomic E-state index is 0.0874. The molecule has 110 valence electrons. The van der Waals surface area contributed by atoms with Gasteiger partial charge in [0.05, 0.1) is 23.1 Å². The fourth-order valence-corrected chi connectivity index (χ4v) is 2.61. The van der Waals surface area contributed by atoms with Gasteiger partial charge >= 0.3 is 0 Å². The van der Waals surface area contributed by atoms with Crippen molar-refractivity contribution in [3.63, 3.8) is 0 Å². The van der Waals surface area contributed by atoms with Gasteiger partial charge in [-0.3, -0.25) is 9.78 Å². The van der Waals surface area contributed by atoms with E-state index in [1.165, 1.54) is 25.9 Å². The first-order valence-electron chi connectivity index (χ1n) is 7.29. The number of aromatic nitrogens is 1. The van der Waals surface area contributed by atoms with Crippen LogP contribution in [0.15, 0.2) is 12.3 Å². The summed E-state index contributed by atoms with van der Waals surface area (Å²) in [5.74, 6) is 0.363. The average Bonchev–Trinajstić information content (AvgIpc) is 2.91. The van der Waals surface area contributed by atoms with Gasteiger partial charge in [0.2, 0.25) is 0 Å². The number of hydrogen-bond donors (Lipinski definition) is 2. The van der Waals surface area contributed by atoms with Crippen molar-refractivity contribution in [1.82, 2.24) is 15.2 Å². The minimum atomic E-state index is -0.0874. The largest absolute Gasteiger partial charge is 0.397 e. The van der Waals surface area contributed by atoms with E-state index in [4.69, 9.17) is 5.73 Å². The molecule has 0 radical (unpaired) electrons. The number of nitrogens with zero attached hydrogens (tertiary/aromatic N) is 2. The molecule has 3 N–H and O–H groups in total. The lowest BCUT2D eigenvalue weighted by atomic mass is 10.1. The van der Waals surface area contributed by atoms with Gasteiger partial charge in [0.1, 0.15) is 0 Å². The molecule has 1 unspecified atom stereocenters. The topological polar surface area (TPSA) is 71.2 Å². The summed E-state index contributed by atoms with van der Waals surface area (Å²) in [6, 6.07) is 1.68. The van der Waals surface area contributed by atoms with E-state index in [0.717, 1.165) is 6.54 Å². The third-order valence-electron chi connectivity index (χ3n) is 3.73. The second-order valence-electron chi connectivity index (χ2n) is 5.72. The molecule has 1 aromatic rings. The highest BCUT2D eigenvalue weighted by Crippen LogP contribution is 2.11. The Morgan fingerprint density at radius 3 is 2.90 bits per heavy atom. The van der Waals surface area contributed by atoms with Crippen LogP contribution in [0.5, 0.6) is 0 Å². The van der Waals surface area contributed by atoms with Crippen molar-refractivity contribution < 1.29 is 4.79 Å². The van der Waals surface area contributed by atoms with Gasteiger partial charge in [-0.25, -0.2) is 0 Å². The molecule has 0 aromatic carbocycles. The number of likely N-dealkylation sites (tertiary alicyclic amines) is 1. The first kappa shape index (κ1) is 14.8. The van der Waals surface area contributed by atoms with Gasteiger partial charge in [0, 0.05) is 13.1 Å². The van der Waals surface area contributed by atoms with E-state index in [1.807, 2.05) is 6.92 Å². The first-order chi connectivity index (χ1) is 9.56. The summed E-state index contributed by atoms with van der Waals surface area (Å²) < 4.78 is 0. The zero-order chi connectivity index (χ0) is 14.5. The fourth-order valence-electron chi connectivity index (χ4n) is 2.61. The Kier molecular flexibility index (Phi) is 4.95. The molecule has 1 aliphatic heterocycles. The SMILES string of the molecule is Cc1ncc(N)cc1C(=O)NCC(C)CN1CCCC1. The number of carbonyl (C=O) groups is 1. The van der Waals surface area contributed by atoms with Gasteiger partial charge < -0.3 is 16.0 Å². The minimum Gasteiger partial charge on any atom is -0.397 e. The maximum absolute atomic E-state index is 12.1. The Hall–Kier alpha value is -1.62. The lowest BCUT2D eigenvalue weighted by molar-refractivity contribution is 0.0944. The Morgan fingerprint density at radius 1 is 1.50 bits per heavy atom. The van der Waals surface area contributed by atoms with Crippen molar-refractivity contribution in [2.75, 3.05) is 31.9 Å². The van der Waals surface area contributed by atoms with Crippen LogP contribution in [0.25, 0.3) is 0 Å². The maximum atomic E-state index is 12.1. The number of rotatable bonds is 5. The molecule has 5 heteroatoms. The molecule has 0 saturated carbocycles. The van der Waals surface area contributed by atoms with Crippen molar-refractivity contribution in [3.8, 4) is 0 Å².